The summed E-state index contributed by atoms with van der Waals surface area (Å²) in [5, 5.41) is 3.40. The molecular formula is C15H27N3. The van der Waals surface area contributed by atoms with Crippen LogP contribution >= 0.6 is 0 Å². The van der Waals surface area contributed by atoms with Crippen molar-refractivity contribution >= 4 is 0 Å². The van der Waals surface area contributed by atoms with E-state index < -0.39 is 0 Å². The molecule has 102 valence electrons. The van der Waals surface area contributed by atoms with Gasteiger partial charge < -0.3 is 5.32 Å². The van der Waals surface area contributed by atoms with E-state index in [0.29, 0.717) is 5.41 Å². The van der Waals surface area contributed by atoms with Gasteiger partial charge in [0.05, 0.1) is 5.69 Å². The molecule has 0 amide bonds. The molecule has 3 nitrogen and oxygen atoms in total. The lowest BCUT2D eigenvalue weighted by Gasteiger charge is -2.17. The second-order valence-electron chi connectivity index (χ2n) is 6.15. The Morgan fingerprint density at radius 2 is 2.00 bits per heavy atom. The largest absolute Gasteiger partial charge is 0.311 e. The summed E-state index contributed by atoms with van der Waals surface area (Å²) >= 11 is 0. The Morgan fingerprint density at radius 1 is 1.28 bits per heavy atom. The summed E-state index contributed by atoms with van der Waals surface area (Å²) < 4.78 is 0. The third kappa shape index (κ3) is 5.58. The smallest absolute Gasteiger partial charge is 0.128 e. The Kier molecular flexibility index (Phi) is 5.73. The Labute approximate surface area is 111 Å². The highest BCUT2D eigenvalue weighted by Crippen LogP contribution is 2.20. The maximum Gasteiger partial charge on any atom is 0.128 e. The lowest BCUT2D eigenvalue weighted by atomic mass is 9.90. The van der Waals surface area contributed by atoms with Gasteiger partial charge in [0.2, 0.25) is 0 Å². The summed E-state index contributed by atoms with van der Waals surface area (Å²) in [7, 11) is 0. The van der Waals surface area contributed by atoms with Crippen molar-refractivity contribution in [3.63, 3.8) is 0 Å². The van der Waals surface area contributed by atoms with Crippen LogP contribution in [0.1, 0.15) is 57.6 Å². The lowest BCUT2D eigenvalue weighted by molar-refractivity contribution is 0.374. The van der Waals surface area contributed by atoms with Crippen molar-refractivity contribution in [1.29, 1.82) is 0 Å². The van der Waals surface area contributed by atoms with E-state index >= 15 is 0 Å². The lowest BCUT2D eigenvalue weighted by Crippen LogP contribution is -2.17. The molecule has 1 N–H and O–H groups in total. The minimum Gasteiger partial charge on any atom is -0.311 e. The van der Waals surface area contributed by atoms with E-state index in [4.69, 9.17) is 0 Å². The Morgan fingerprint density at radius 3 is 2.61 bits per heavy atom. The normalized spacial score (nSPS) is 11.8. The van der Waals surface area contributed by atoms with Crippen LogP contribution in [0.5, 0.6) is 0 Å². The molecule has 0 aliphatic carbocycles. The Hall–Kier alpha value is -0.960. The van der Waals surface area contributed by atoms with Crippen LogP contribution in [0.4, 0.5) is 0 Å². The molecule has 0 saturated heterocycles. The van der Waals surface area contributed by atoms with Gasteiger partial charge in [-0.3, -0.25) is 0 Å². The molecule has 3 heteroatoms. The van der Waals surface area contributed by atoms with Crippen LogP contribution in [0.3, 0.4) is 0 Å². The topological polar surface area (TPSA) is 37.8 Å². The molecule has 0 aliphatic rings. The van der Waals surface area contributed by atoms with E-state index in [2.05, 4.69) is 49.9 Å². The molecule has 1 aromatic heterocycles. The molecule has 1 heterocycles. The van der Waals surface area contributed by atoms with Gasteiger partial charge in [0.25, 0.3) is 0 Å². The summed E-state index contributed by atoms with van der Waals surface area (Å²) in [6.07, 6.45) is 5.19. The quantitative estimate of drug-likeness (QED) is 0.786. The molecule has 0 saturated carbocycles. The summed E-state index contributed by atoms with van der Waals surface area (Å²) in [5.74, 6) is 0.976. The molecular weight excluding hydrogens is 222 g/mol. The van der Waals surface area contributed by atoms with Gasteiger partial charge in [-0.2, -0.15) is 0 Å². The number of nitrogens with zero attached hydrogens (tertiary/aromatic N) is 2. The predicted molar refractivity (Wildman–Crippen MR) is 76.5 cm³/mol. The molecule has 0 aromatic carbocycles. The summed E-state index contributed by atoms with van der Waals surface area (Å²) in [6.45, 7) is 12.9. The van der Waals surface area contributed by atoms with Gasteiger partial charge >= 0.3 is 0 Å². The molecule has 0 fully saturated rings. The summed E-state index contributed by atoms with van der Waals surface area (Å²) in [4.78, 5) is 9.10. The van der Waals surface area contributed by atoms with E-state index in [1.807, 2.05) is 6.20 Å². The first-order valence-electron chi connectivity index (χ1n) is 6.94. The van der Waals surface area contributed by atoms with E-state index in [1.54, 1.807) is 0 Å². The average molecular weight is 249 g/mol. The predicted octanol–water partition coefficient (Wildman–Crippen LogP) is 3.26. The zero-order valence-electron chi connectivity index (χ0n) is 12.5. The van der Waals surface area contributed by atoms with Crippen molar-refractivity contribution in [1.82, 2.24) is 15.3 Å². The fourth-order valence-electron chi connectivity index (χ4n) is 1.69. The third-order valence-electron chi connectivity index (χ3n) is 2.94. The second-order valence-corrected chi connectivity index (χ2v) is 6.15. The summed E-state index contributed by atoms with van der Waals surface area (Å²) in [6, 6.07) is 0. The van der Waals surface area contributed by atoms with Crippen molar-refractivity contribution in [2.24, 2.45) is 5.41 Å². The minimum absolute atomic E-state index is 0.342. The first-order valence-corrected chi connectivity index (χ1v) is 6.94. The van der Waals surface area contributed by atoms with Crippen LogP contribution in [-0.4, -0.2) is 16.5 Å². The summed E-state index contributed by atoms with van der Waals surface area (Å²) in [5.41, 5.74) is 2.66. The standard InChI is InChI=1S/C15H27N3/c1-6-9-16-11-13-12(2)10-17-14(18-13)7-8-15(3,4)5/h10,16H,6-9,11H2,1-5H3. The van der Waals surface area contributed by atoms with Crippen LogP contribution in [0.15, 0.2) is 6.20 Å². The van der Waals surface area contributed by atoms with Crippen LogP contribution in [0.2, 0.25) is 0 Å². The number of aryl methyl sites for hydroxylation is 2. The molecule has 0 unspecified atom stereocenters. The highest BCUT2D eigenvalue weighted by molar-refractivity contribution is 5.15. The minimum atomic E-state index is 0.342. The fraction of sp³-hybridized carbons (Fsp3) is 0.733. The number of hydrogen-bond donors (Lipinski definition) is 1. The zero-order valence-corrected chi connectivity index (χ0v) is 12.5. The van der Waals surface area contributed by atoms with Crippen LogP contribution in [0, 0.1) is 12.3 Å². The molecule has 0 bridgehead atoms. The zero-order chi connectivity index (χ0) is 13.6. The highest BCUT2D eigenvalue weighted by atomic mass is 14.9. The Balaban J connectivity index is 2.62. The number of rotatable bonds is 6. The monoisotopic (exact) mass is 249 g/mol. The fourth-order valence-corrected chi connectivity index (χ4v) is 1.69. The highest BCUT2D eigenvalue weighted by Gasteiger charge is 2.12. The van der Waals surface area contributed by atoms with Crippen LogP contribution < -0.4 is 5.32 Å². The van der Waals surface area contributed by atoms with Crippen molar-refractivity contribution in [2.45, 2.75) is 60.4 Å². The van der Waals surface area contributed by atoms with Gasteiger partial charge in [-0.05, 0) is 37.3 Å². The molecule has 1 rings (SSSR count). The van der Waals surface area contributed by atoms with Gasteiger partial charge in [0, 0.05) is 19.2 Å². The molecule has 18 heavy (non-hydrogen) atoms. The molecule has 0 atom stereocenters. The van der Waals surface area contributed by atoms with Crippen LogP contribution in [-0.2, 0) is 13.0 Å². The van der Waals surface area contributed by atoms with Crippen LogP contribution in [0.25, 0.3) is 0 Å². The first kappa shape index (κ1) is 15.1. The molecule has 0 radical (unpaired) electrons. The number of hydrogen-bond acceptors (Lipinski definition) is 3. The maximum atomic E-state index is 4.67. The Bertz CT molecular complexity index is 366. The van der Waals surface area contributed by atoms with Gasteiger partial charge in [0.1, 0.15) is 5.82 Å². The molecule has 0 spiro atoms. The van der Waals surface area contributed by atoms with Crippen molar-refractivity contribution in [2.75, 3.05) is 6.54 Å². The first-order chi connectivity index (χ1) is 8.42. The SMILES string of the molecule is CCCNCc1nc(CCC(C)(C)C)ncc1C. The van der Waals surface area contributed by atoms with E-state index in [0.717, 1.165) is 43.9 Å². The van der Waals surface area contributed by atoms with E-state index in [9.17, 15) is 0 Å². The second kappa shape index (κ2) is 6.83. The number of aromatic nitrogens is 2. The van der Waals surface area contributed by atoms with Gasteiger partial charge in [-0.25, -0.2) is 9.97 Å². The van der Waals surface area contributed by atoms with Crippen molar-refractivity contribution in [3.05, 3.63) is 23.3 Å². The van der Waals surface area contributed by atoms with Crippen molar-refractivity contribution < 1.29 is 0 Å². The molecule has 1 aromatic rings. The van der Waals surface area contributed by atoms with E-state index in [1.165, 1.54) is 5.56 Å². The maximum absolute atomic E-state index is 4.67. The van der Waals surface area contributed by atoms with Crippen molar-refractivity contribution in [3.8, 4) is 0 Å². The third-order valence-corrected chi connectivity index (χ3v) is 2.94. The average Bonchev–Trinajstić information content (AvgIpc) is 2.29. The number of nitrogens with one attached hydrogen (secondary N) is 1. The van der Waals surface area contributed by atoms with Gasteiger partial charge in [-0.15, -0.1) is 0 Å². The molecule has 0 aliphatic heterocycles. The van der Waals surface area contributed by atoms with E-state index in [-0.39, 0.29) is 0 Å². The van der Waals surface area contributed by atoms with Gasteiger partial charge in [0.15, 0.2) is 0 Å². The van der Waals surface area contributed by atoms with Gasteiger partial charge in [-0.1, -0.05) is 27.7 Å².